The topological polar surface area (TPSA) is 33.7 Å². The molecule has 1 rings (SSSR count). The summed E-state index contributed by atoms with van der Waals surface area (Å²) in [6, 6.07) is 1.22. The zero-order valence-electron chi connectivity index (χ0n) is 12.4. The Bertz CT molecular complexity index is 206. The number of methoxy groups -OCH3 is 2. The highest BCUT2D eigenvalue weighted by Crippen LogP contribution is 2.27. The molecular formula is C14H30N2O2. The average Bonchev–Trinajstić information content (AvgIpc) is 2.39. The molecule has 0 bridgehead atoms. The number of hydrogen-bond donors (Lipinski definition) is 1. The van der Waals surface area contributed by atoms with Crippen molar-refractivity contribution in [2.24, 2.45) is 5.92 Å². The monoisotopic (exact) mass is 258 g/mol. The Balaban J connectivity index is 2.59. The molecule has 1 saturated carbocycles. The van der Waals surface area contributed by atoms with E-state index in [2.05, 4.69) is 24.2 Å². The zero-order chi connectivity index (χ0) is 13.4. The van der Waals surface area contributed by atoms with E-state index in [9.17, 15) is 0 Å². The van der Waals surface area contributed by atoms with Crippen molar-refractivity contribution in [1.29, 1.82) is 0 Å². The minimum atomic E-state index is 0.606. The van der Waals surface area contributed by atoms with E-state index in [4.69, 9.17) is 9.47 Å². The van der Waals surface area contributed by atoms with E-state index < -0.39 is 0 Å². The third-order valence-electron chi connectivity index (χ3n) is 4.08. The van der Waals surface area contributed by atoms with E-state index in [0.717, 1.165) is 32.2 Å². The van der Waals surface area contributed by atoms with Crippen molar-refractivity contribution in [3.8, 4) is 0 Å². The maximum Gasteiger partial charge on any atom is 0.0589 e. The highest BCUT2D eigenvalue weighted by molar-refractivity contribution is 4.89. The van der Waals surface area contributed by atoms with Crippen LogP contribution in [0.2, 0.25) is 0 Å². The average molecular weight is 258 g/mol. The van der Waals surface area contributed by atoms with Crippen molar-refractivity contribution in [3.63, 3.8) is 0 Å². The number of nitrogens with zero attached hydrogens (tertiary/aromatic N) is 1. The lowest BCUT2D eigenvalue weighted by atomic mass is 9.82. The number of hydrogen-bond acceptors (Lipinski definition) is 4. The van der Waals surface area contributed by atoms with Crippen molar-refractivity contribution in [3.05, 3.63) is 0 Å². The van der Waals surface area contributed by atoms with Crippen LogP contribution in [0.1, 0.15) is 26.2 Å². The second-order valence-electron chi connectivity index (χ2n) is 5.40. The molecule has 0 heterocycles. The molecule has 0 spiro atoms. The second-order valence-corrected chi connectivity index (χ2v) is 5.40. The summed E-state index contributed by atoms with van der Waals surface area (Å²) in [6.07, 6.45) is 3.89. The minimum Gasteiger partial charge on any atom is -0.383 e. The molecule has 1 aliphatic carbocycles. The van der Waals surface area contributed by atoms with Crippen LogP contribution in [-0.4, -0.2) is 64.6 Å². The Labute approximate surface area is 112 Å². The van der Waals surface area contributed by atoms with Crippen LogP contribution in [0.3, 0.4) is 0 Å². The Morgan fingerprint density at radius 1 is 1.11 bits per heavy atom. The fourth-order valence-corrected chi connectivity index (χ4v) is 2.95. The molecule has 0 aromatic heterocycles. The van der Waals surface area contributed by atoms with Gasteiger partial charge in [-0.05, 0) is 32.2 Å². The van der Waals surface area contributed by atoms with Crippen LogP contribution >= 0.6 is 0 Å². The van der Waals surface area contributed by atoms with Crippen molar-refractivity contribution in [2.45, 2.75) is 38.3 Å². The van der Waals surface area contributed by atoms with Crippen LogP contribution in [0, 0.1) is 5.92 Å². The molecule has 18 heavy (non-hydrogen) atoms. The summed E-state index contributed by atoms with van der Waals surface area (Å²) in [5.74, 6) is 0.826. The zero-order valence-corrected chi connectivity index (χ0v) is 12.4. The van der Waals surface area contributed by atoms with Gasteiger partial charge >= 0.3 is 0 Å². The smallest absolute Gasteiger partial charge is 0.0589 e. The van der Waals surface area contributed by atoms with E-state index in [-0.39, 0.29) is 0 Å². The molecule has 3 atom stereocenters. The van der Waals surface area contributed by atoms with Gasteiger partial charge in [0.15, 0.2) is 0 Å². The molecule has 0 aromatic rings. The van der Waals surface area contributed by atoms with E-state index in [1.165, 1.54) is 19.3 Å². The highest BCUT2D eigenvalue weighted by Gasteiger charge is 2.31. The highest BCUT2D eigenvalue weighted by atomic mass is 16.5. The van der Waals surface area contributed by atoms with Gasteiger partial charge in [-0.1, -0.05) is 6.92 Å². The third kappa shape index (κ3) is 4.84. The number of rotatable bonds is 8. The number of ether oxygens (including phenoxy) is 2. The van der Waals surface area contributed by atoms with Crippen LogP contribution in [-0.2, 0) is 9.47 Å². The Morgan fingerprint density at radius 2 is 1.72 bits per heavy atom. The molecule has 4 heteroatoms. The maximum atomic E-state index is 5.24. The van der Waals surface area contributed by atoms with Crippen molar-refractivity contribution in [1.82, 2.24) is 10.2 Å². The van der Waals surface area contributed by atoms with Gasteiger partial charge < -0.3 is 14.8 Å². The normalized spacial score (nSPS) is 28.8. The summed E-state index contributed by atoms with van der Waals surface area (Å²) in [5.41, 5.74) is 0. The first-order valence-corrected chi connectivity index (χ1v) is 7.12. The molecule has 1 aliphatic rings. The van der Waals surface area contributed by atoms with Gasteiger partial charge in [-0.15, -0.1) is 0 Å². The summed E-state index contributed by atoms with van der Waals surface area (Å²) < 4.78 is 10.5. The predicted molar refractivity (Wildman–Crippen MR) is 75.0 cm³/mol. The maximum absolute atomic E-state index is 5.24. The predicted octanol–water partition coefficient (Wildman–Crippen LogP) is 1.36. The first-order chi connectivity index (χ1) is 8.72. The summed E-state index contributed by atoms with van der Waals surface area (Å²) in [4.78, 5) is 2.53. The molecule has 4 nitrogen and oxygen atoms in total. The summed E-state index contributed by atoms with van der Waals surface area (Å²) in [7, 11) is 5.62. The molecule has 1 fully saturated rings. The molecule has 3 unspecified atom stereocenters. The van der Waals surface area contributed by atoms with Crippen LogP contribution in [0.5, 0.6) is 0 Å². The van der Waals surface area contributed by atoms with Crippen LogP contribution in [0.15, 0.2) is 0 Å². The van der Waals surface area contributed by atoms with Gasteiger partial charge in [0.25, 0.3) is 0 Å². The molecular weight excluding hydrogens is 228 g/mol. The summed E-state index contributed by atoms with van der Waals surface area (Å²) >= 11 is 0. The van der Waals surface area contributed by atoms with Crippen LogP contribution < -0.4 is 5.32 Å². The molecule has 0 amide bonds. The lowest BCUT2D eigenvalue weighted by Gasteiger charge is -2.42. The fraction of sp³-hybridized carbons (Fsp3) is 1.00. The number of likely N-dealkylation sites (N-methyl/N-ethyl adjacent to an activating group) is 1. The summed E-state index contributed by atoms with van der Waals surface area (Å²) in [5, 5.41) is 3.48. The quantitative estimate of drug-likeness (QED) is 0.713. The molecule has 0 aliphatic heterocycles. The van der Waals surface area contributed by atoms with E-state index >= 15 is 0 Å². The molecule has 0 aromatic carbocycles. The number of nitrogens with one attached hydrogen (secondary N) is 1. The Hall–Kier alpha value is -0.160. The third-order valence-corrected chi connectivity index (χ3v) is 4.08. The van der Waals surface area contributed by atoms with Gasteiger partial charge in [0.05, 0.1) is 13.2 Å². The van der Waals surface area contributed by atoms with Crippen molar-refractivity contribution in [2.75, 3.05) is 47.6 Å². The molecule has 1 N–H and O–H groups in total. The van der Waals surface area contributed by atoms with Gasteiger partial charge in [0.1, 0.15) is 0 Å². The van der Waals surface area contributed by atoms with Gasteiger partial charge in [0, 0.05) is 39.4 Å². The van der Waals surface area contributed by atoms with E-state index in [0.29, 0.717) is 12.1 Å². The lowest BCUT2D eigenvalue weighted by Crippen LogP contribution is -2.53. The standard InChI is InChI=1S/C14H30N2O2/c1-12-5-6-13(15-2)14(11-12)16(7-9-17-3)8-10-18-4/h12-15H,5-11H2,1-4H3. The van der Waals surface area contributed by atoms with E-state index in [1.54, 1.807) is 14.2 Å². The SMILES string of the molecule is CNC1CCC(C)CC1N(CCOC)CCOC. The molecule has 108 valence electrons. The minimum absolute atomic E-state index is 0.606. The van der Waals surface area contributed by atoms with Crippen LogP contribution in [0.25, 0.3) is 0 Å². The molecule has 0 saturated heterocycles. The second kappa shape index (κ2) is 8.86. The first-order valence-electron chi connectivity index (χ1n) is 7.12. The summed E-state index contributed by atoms with van der Waals surface area (Å²) in [6.45, 7) is 5.95. The van der Waals surface area contributed by atoms with E-state index in [1.807, 2.05) is 0 Å². The van der Waals surface area contributed by atoms with Gasteiger partial charge in [-0.3, -0.25) is 4.90 Å². The van der Waals surface area contributed by atoms with Crippen molar-refractivity contribution < 1.29 is 9.47 Å². The largest absolute Gasteiger partial charge is 0.383 e. The Kier molecular flexibility index (Phi) is 7.82. The van der Waals surface area contributed by atoms with Gasteiger partial charge in [0.2, 0.25) is 0 Å². The first kappa shape index (κ1) is 15.9. The van der Waals surface area contributed by atoms with Crippen LogP contribution in [0.4, 0.5) is 0 Å². The Morgan fingerprint density at radius 3 is 2.22 bits per heavy atom. The van der Waals surface area contributed by atoms with Crippen molar-refractivity contribution >= 4 is 0 Å². The van der Waals surface area contributed by atoms with Gasteiger partial charge in [-0.25, -0.2) is 0 Å². The lowest BCUT2D eigenvalue weighted by molar-refractivity contribution is 0.0510. The van der Waals surface area contributed by atoms with Gasteiger partial charge in [-0.2, -0.15) is 0 Å². The molecule has 0 radical (unpaired) electrons. The fourth-order valence-electron chi connectivity index (χ4n) is 2.95.